The molecule has 1 atom stereocenters. The number of nitrogens with one attached hydrogen (secondary N) is 2. The minimum absolute atomic E-state index is 0.0666. The Morgan fingerprint density at radius 1 is 1.26 bits per heavy atom. The summed E-state index contributed by atoms with van der Waals surface area (Å²) in [6, 6.07) is 6.94. The van der Waals surface area contributed by atoms with Crippen molar-refractivity contribution in [1.29, 1.82) is 5.26 Å². The summed E-state index contributed by atoms with van der Waals surface area (Å²) in [5.41, 5.74) is 0.655. The molecule has 0 aromatic heterocycles. The van der Waals surface area contributed by atoms with Gasteiger partial charge in [-0.25, -0.2) is 9.59 Å². The number of aliphatic carboxylic acids is 1. The molecule has 1 aromatic carbocycles. The maximum absolute atomic E-state index is 12.1. The average Bonchev–Trinajstić information content (AvgIpc) is 2.62. The fourth-order valence-corrected chi connectivity index (χ4v) is 2.15. The van der Waals surface area contributed by atoms with Crippen LogP contribution in [0.2, 0.25) is 0 Å². The molecule has 0 saturated heterocycles. The molecule has 27 heavy (non-hydrogen) atoms. The predicted octanol–water partition coefficient (Wildman–Crippen LogP) is 2.30. The van der Waals surface area contributed by atoms with Crippen LogP contribution in [-0.2, 0) is 14.3 Å². The number of carboxylic acid groups (broad SMARTS) is 1. The Bertz CT molecular complexity index is 748. The minimum Gasteiger partial charge on any atom is -0.480 e. The van der Waals surface area contributed by atoms with E-state index >= 15 is 0 Å². The van der Waals surface area contributed by atoms with Crippen LogP contribution in [0.15, 0.2) is 36.0 Å². The number of amides is 1. The Labute approximate surface area is 157 Å². The van der Waals surface area contributed by atoms with Gasteiger partial charge >= 0.3 is 11.9 Å². The molecule has 0 radical (unpaired) electrons. The standard InChI is InChI=1S/C19H23N3O5/c1-4-27-19(26)13-5-7-15(8-6-13)21-11-14(10-20)17(23)22-16(18(24)25)9-12(2)3/h5-8,11-12,16,21H,4,9H2,1-3H3,(H,22,23)(H,24,25)/b14-11-. The average molecular weight is 373 g/mol. The largest absolute Gasteiger partial charge is 0.480 e. The molecule has 0 bridgehead atoms. The van der Waals surface area contributed by atoms with Crippen molar-refractivity contribution in [3.05, 3.63) is 41.6 Å². The number of anilines is 1. The first-order valence-electron chi connectivity index (χ1n) is 8.46. The van der Waals surface area contributed by atoms with Gasteiger partial charge in [0.1, 0.15) is 17.7 Å². The second kappa shape index (κ2) is 10.6. The summed E-state index contributed by atoms with van der Waals surface area (Å²) >= 11 is 0. The number of carbonyl (C=O) groups excluding carboxylic acids is 2. The van der Waals surface area contributed by atoms with Gasteiger partial charge in [0.2, 0.25) is 0 Å². The maximum Gasteiger partial charge on any atom is 0.338 e. The van der Waals surface area contributed by atoms with E-state index in [0.29, 0.717) is 11.3 Å². The molecule has 0 spiro atoms. The second-order valence-electron chi connectivity index (χ2n) is 6.11. The summed E-state index contributed by atoms with van der Waals surface area (Å²) in [4.78, 5) is 35.0. The molecule has 144 valence electrons. The number of hydrogen-bond acceptors (Lipinski definition) is 6. The summed E-state index contributed by atoms with van der Waals surface area (Å²) < 4.78 is 4.88. The van der Waals surface area contributed by atoms with Crippen molar-refractivity contribution in [1.82, 2.24) is 5.32 Å². The smallest absolute Gasteiger partial charge is 0.338 e. The first-order valence-corrected chi connectivity index (χ1v) is 8.46. The fraction of sp³-hybridized carbons (Fsp3) is 0.368. The van der Waals surface area contributed by atoms with Crippen molar-refractivity contribution < 1.29 is 24.2 Å². The van der Waals surface area contributed by atoms with Crippen LogP contribution in [0.25, 0.3) is 0 Å². The van der Waals surface area contributed by atoms with E-state index in [4.69, 9.17) is 10.00 Å². The third-order valence-electron chi connectivity index (χ3n) is 3.45. The number of nitriles is 1. The number of carbonyl (C=O) groups is 3. The van der Waals surface area contributed by atoms with Gasteiger partial charge in [-0.05, 0) is 43.5 Å². The third kappa shape index (κ3) is 7.20. The van der Waals surface area contributed by atoms with Gasteiger partial charge in [-0.2, -0.15) is 5.26 Å². The number of rotatable bonds is 9. The molecule has 8 nitrogen and oxygen atoms in total. The van der Waals surface area contributed by atoms with Gasteiger partial charge in [-0.3, -0.25) is 4.79 Å². The monoisotopic (exact) mass is 373 g/mol. The van der Waals surface area contributed by atoms with E-state index in [0.717, 1.165) is 0 Å². The SMILES string of the molecule is CCOC(=O)c1ccc(N/C=C(/C#N)C(=O)NC(CC(C)C)C(=O)O)cc1. The predicted molar refractivity (Wildman–Crippen MR) is 98.7 cm³/mol. The van der Waals surface area contributed by atoms with Crippen LogP contribution in [0.4, 0.5) is 5.69 Å². The number of esters is 1. The fourth-order valence-electron chi connectivity index (χ4n) is 2.15. The van der Waals surface area contributed by atoms with E-state index in [1.165, 1.54) is 6.20 Å². The van der Waals surface area contributed by atoms with E-state index in [2.05, 4.69) is 10.6 Å². The molecule has 8 heteroatoms. The van der Waals surface area contributed by atoms with Crippen LogP contribution >= 0.6 is 0 Å². The van der Waals surface area contributed by atoms with E-state index < -0.39 is 23.9 Å². The Morgan fingerprint density at radius 3 is 2.37 bits per heavy atom. The van der Waals surface area contributed by atoms with Crippen molar-refractivity contribution in [3.63, 3.8) is 0 Å². The second-order valence-corrected chi connectivity index (χ2v) is 6.11. The molecule has 0 saturated carbocycles. The Morgan fingerprint density at radius 2 is 1.89 bits per heavy atom. The lowest BCUT2D eigenvalue weighted by atomic mass is 10.0. The highest BCUT2D eigenvalue weighted by atomic mass is 16.5. The molecule has 0 fully saturated rings. The lowest BCUT2D eigenvalue weighted by Crippen LogP contribution is -2.42. The van der Waals surface area contributed by atoms with Crippen LogP contribution in [0.5, 0.6) is 0 Å². The Balaban J connectivity index is 2.79. The minimum atomic E-state index is -1.16. The number of benzene rings is 1. The molecule has 1 unspecified atom stereocenters. The van der Waals surface area contributed by atoms with Gasteiger partial charge in [0.05, 0.1) is 12.2 Å². The van der Waals surface area contributed by atoms with Crippen LogP contribution < -0.4 is 10.6 Å². The van der Waals surface area contributed by atoms with Gasteiger partial charge in [0.15, 0.2) is 0 Å². The topological polar surface area (TPSA) is 129 Å². The molecule has 1 rings (SSSR count). The summed E-state index contributed by atoms with van der Waals surface area (Å²) in [7, 11) is 0. The molecule has 1 aromatic rings. The first kappa shape index (κ1) is 21.7. The van der Waals surface area contributed by atoms with Gasteiger partial charge < -0.3 is 20.5 Å². The lowest BCUT2D eigenvalue weighted by Gasteiger charge is -2.16. The highest BCUT2D eigenvalue weighted by Gasteiger charge is 2.22. The summed E-state index contributed by atoms with van der Waals surface area (Å²) in [5.74, 6) is -2.31. The molecular weight excluding hydrogens is 350 g/mol. The van der Waals surface area contributed by atoms with Crippen molar-refractivity contribution in [2.45, 2.75) is 33.2 Å². The molecule has 0 heterocycles. The highest BCUT2D eigenvalue weighted by Crippen LogP contribution is 2.12. The first-order chi connectivity index (χ1) is 12.8. The van der Waals surface area contributed by atoms with Crippen molar-refractivity contribution in [2.24, 2.45) is 5.92 Å². The van der Waals surface area contributed by atoms with Crippen LogP contribution in [0.1, 0.15) is 37.6 Å². The van der Waals surface area contributed by atoms with E-state index in [9.17, 15) is 19.5 Å². The lowest BCUT2D eigenvalue weighted by molar-refractivity contribution is -0.141. The van der Waals surface area contributed by atoms with Crippen LogP contribution in [-0.4, -0.2) is 35.6 Å². The molecule has 0 aliphatic carbocycles. The summed E-state index contributed by atoms with van der Waals surface area (Å²) in [6.07, 6.45) is 1.44. The van der Waals surface area contributed by atoms with Crippen molar-refractivity contribution in [3.8, 4) is 6.07 Å². The zero-order valence-electron chi connectivity index (χ0n) is 15.5. The normalized spacial score (nSPS) is 12.0. The van der Waals surface area contributed by atoms with Crippen molar-refractivity contribution >= 4 is 23.5 Å². The molecule has 0 aliphatic heterocycles. The maximum atomic E-state index is 12.1. The third-order valence-corrected chi connectivity index (χ3v) is 3.45. The van der Waals surface area contributed by atoms with Gasteiger partial charge in [0.25, 0.3) is 5.91 Å². The quantitative estimate of drug-likeness (QED) is 0.344. The van der Waals surface area contributed by atoms with Crippen LogP contribution in [0, 0.1) is 17.2 Å². The highest BCUT2D eigenvalue weighted by molar-refractivity contribution is 5.99. The molecule has 0 aliphatic rings. The number of ether oxygens (including phenoxy) is 1. The number of carboxylic acids is 1. The zero-order chi connectivity index (χ0) is 20.4. The van der Waals surface area contributed by atoms with E-state index in [1.807, 2.05) is 13.8 Å². The Hall–Kier alpha value is -3.34. The van der Waals surface area contributed by atoms with E-state index in [1.54, 1.807) is 37.3 Å². The number of hydrogen-bond donors (Lipinski definition) is 3. The van der Waals surface area contributed by atoms with Gasteiger partial charge in [-0.1, -0.05) is 13.8 Å². The van der Waals surface area contributed by atoms with E-state index in [-0.39, 0.29) is 24.5 Å². The summed E-state index contributed by atoms with van der Waals surface area (Å²) in [6.45, 7) is 5.66. The van der Waals surface area contributed by atoms with Gasteiger partial charge in [0, 0.05) is 11.9 Å². The summed E-state index contributed by atoms with van der Waals surface area (Å²) in [5, 5.41) is 23.4. The number of nitrogens with zero attached hydrogens (tertiary/aromatic N) is 1. The molecule has 1 amide bonds. The van der Waals surface area contributed by atoms with Gasteiger partial charge in [-0.15, -0.1) is 0 Å². The van der Waals surface area contributed by atoms with Crippen molar-refractivity contribution in [2.75, 3.05) is 11.9 Å². The zero-order valence-corrected chi connectivity index (χ0v) is 15.5. The molecule has 3 N–H and O–H groups in total. The van der Waals surface area contributed by atoms with Crippen LogP contribution in [0.3, 0.4) is 0 Å². The molecular formula is C19H23N3O5. The Kier molecular flexibility index (Phi) is 8.53.